The molecule has 110 valence electrons. The van der Waals surface area contributed by atoms with Crippen LogP contribution in [0.2, 0.25) is 0 Å². The number of rotatable bonds is 3. The number of nitrogens with two attached hydrogens (primary N) is 2. The smallest absolute Gasteiger partial charge is 0.395 e. The maximum absolute atomic E-state index is 12.4. The van der Waals surface area contributed by atoms with Crippen molar-refractivity contribution >= 4 is 5.71 Å². The molecule has 0 amide bonds. The first kappa shape index (κ1) is 16.0. The van der Waals surface area contributed by atoms with Crippen LogP contribution in [0.4, 0.5) is 13.2 Å². The molecule has 0 aromatic heterocycles. The van der Waals surface area contributed by atoms with Crippen molar-refractivity contribution in [3.8, 4) is 0 Å². The SMILES string of the molecule is CC(C)C(C=C(N)C(F)(F)F)=NC1CCC(N)CC1. The summed E-state index contributed by atoms with van der Waals surface area (Å²) in [5.74, 6) is -0.0866. The van der Waals surface area contributed by atoms with Gasteiger partial charge in [0.25, 0.3) is 0 Å². The van der Waals surface area contributed by atoms with Crippen molar-refractivity contribution in [3.63, 3.8) is 0 Å². The summed E-state index contributed by atoms with van der Waals surface area (Å²) in [5, 5.41) is 0. The predicted octanol–water partition coefficient (Wildman–Crippen LogP) is 2.76. The molecule has 3 nitrogen and oxygen atoms in total. The van der Waals surface area contributed by atoms with Crippen LogP contribution in [0.1, 0.15) is 39.5 Å². The number of alkyl halides is 3. The average Bonchev–Trinajstić information content (AvgIpc) is 2.29. The Labute approximate surface area is 111 Å². The summed E-state index contributed by atoms with van der Waals surface area (Å²) in [7, 11) is 0. The van der Waals surface area contributed by atoms with E-state index in [9.17, 15) is 13.2 Å². The molecule has 0 atom stereocenters. The highest BCUT2D eigenvalue weighted by atomic mass is 19.4. The van der Waals surface area contributed by atoms with Crippen LogP contribution in [-0.4, -0.2) is 24.0 Å². The van der Waals surface area contributed by atoms with Crippen molar-refractivity contribution in [2.75, 3.05) is 0 Å². The zero-order chi connectivity index (χ0) is 14.6. The summed E-state index contributed by atoms with van der Waals surface area (Å²) in [6.07, 6.45) is -0.131. The van der Waals surface area contributed by atoms with E-state index in [0.29, 0.717) is 5.71 Å². The number of aliphatic imine (C=N–C) groups is 1. The molecule has 19 heavy (non-hydrogen) atoms. The van der Waals surface area contributed by atoms with Crippen LogP contribution in [0.5, 0.6) is 0 Å². The molecule has 0 aromatic carbocycles. The normalized spacial score (nSPS) is 26.9. The fraction of sp³-hybridized carbons (Fsp3) is 0.769. The maximum Gasteiger partial charge on any atom is 0.430 e. The summed E-state index contributed by atoms with van der Waals surface area (Å²) in [4.78, 5) is 4.43. The van der Waals surface area contributed by atoms with E-state index in [1.54, 1.807) is 0 Å². The van der Waals surface area contributed by atoms with Crippen LogP contribution in [0.25, 0.3) is 0 Å². The van der Waals surface area contributed by atoms with Gasteiger partial charge in [-0.15, -0.1) is 0 Å². The molecule has 0 aliphatic heterocycles. The lowest BCUT2D eigenvalue weighted by Gasteiger charge is -2.24. The number of hydrogen-bond donors (Lipinski definition) is 2. The van der Waals surface area contributed by atoms with Gasteiger partial charge >= 0.3 is 6.18 Å². The first-order chi connectivity index (χ1) is 8.70. The Hall–Kier alpha value is -1.04. The second-order valence-electron chi connectivity index (χ2n) is 5.37. The van der Waals surface area contributed by atoms with Crippen LogP contribution in [0.3, 0.4) is 0 Å². The minimum absolute atomic E-state index is 0.0643. The lowest BCUT2D eigenvalue weighted by atomic mass is 9.92. The number of hydrogen-bond acceptors (Lipinski definition) is 3. The van der Waals surface area contributed by atoms with Crippen LogP contribution < -0.4 is 11.5 Å². The van der Waals surface area contributed by atoms with Crippen LogP contribution >= 0.6 is 0 Å². The van der Waals surface area contributed by atoms with Gasteiger partial charge in [0, 0.05) is 11.8 Å². The standard InChI is InChI=1S/C13H22F3N3/c1-8(2)11(7-12(18)13(14,15)16)19-10-5-3-9(17)4-6-10/h7-10H,3-6,17-18H2,1-2H3. The van der Waals surface area contributed by atoms with E-state index in [0.717, 1.165) is 31.8 Å². The van der Waals surface area contributed by atoms with Gasteiger partial charge in [0.2, 0.25) is 0 Å². The molecule has 1 rings (SSSR count). The molecule has 1 aliphatic rings. The lowest BCUT2D eigenvalue weighted by Crippen LogP contribution is -2.29. The molecule has 4 N–H and O–H groups in total. The topological polar surface area (TPSA) is 64.4 Å². The zero-order valence-corrected chi connectivity index (χ0v) is 11.4. The second kappa shape index (κ2) is 6.41. The van der Waals surface area contributed by atoms with Crippen molar-refractivity contribution in [1.82, 2.24) is 0 Å². The van der Waals surface area contributed by atoms with Crippen LogP contribution in [-0.2, 0) is 0 Å². The molecular weight excluding hydrogens is 255 g/mol. The average molecular weight is 277 g/mol. The monoisotopic (exact) mass is 277 g/mol. The Kier molecular flexibility index (Phi) is 5.40. The molecular formula is C13H22F3N3. The number of halogens is 3. The highest BCUT2D eigenvalue weighted by Gasteiger charge is 2.32. The molecule has 0 saturated heterocycles. The molecule has 1 fully saturated rings. The van der Waals surface area contributed by atoms with E-state index in [2.05, 4.69) is 4.99 Å². The van der Waals surface area contributed by atoms with Crippen molar-refractivity contribution in [3.05, 3.63) is 11.8 Å². The maximum atomic E-state index is 12.4. The van der Waals surface area contributed by atoms with Gasteiger partial charge in [-0.05, 0) is 37.7 Å². The van der Waals surface area contributed by atoms with Gasteiger partial charge in [-0.1, -0.05) is 13.8 Å². The van der Waals surface area contributed by atoms with Crippen LogP contribution in [0, 0.1) is 5.92 Å². The predicted molar refractivity (Wildman–Crippen MR) is 70.8 cm³/mol. The van der Waals surface area contributed by atoms with E-state index < -0.39 is 11.9 Å². The largest absolute Gasteiger partial charge is 0.430 e. The van der Waals surface area contributed by atoms with Gasteiger partial charge < -0.3 is 11.5 Å². The summed E-state index contributed by atoms with van der Waals surface area (Å²) in [6, 6.07) is 0.263. The second-order valence-corrected chi connectivity index (χ2v) is 5.37. The van der Waals surface area contributed by atoms with E-state index in [-0.39, 0.29) is 18.0 Å². The summed E-state index contributed by atoms with van der Waals surface area (Å²) in [6.45, 7) is 3.63. The first-order valence-electron chi connectivity index (χ1n) is 6.57. The molecule has 0 bridgehead atoms. The van der Waals surface area contributed by atoms with Crippen molar-refractivity contribution < 1.29 is 13.2 Å². The van der Waals surface area contributed by atoms with Crippen LogP contribution in [0.15, 0.2) is 16.8 Å². The number of allylic oxidation sites excluding steroid dienone is 2. The Morgan fingerprint density at radius 1 is 1.21 bits per heavy atom. The van der Waals surface area contributed by atoms with E-state index in [1.165, 1.54) is 0 Å². The number of nitrogens with zero attached hydrogens (tertiary/aromatic N) is 1. The Balaban J connectivity index is 2.83. The summed E-state index contributed by atoms with van der Waals surface area (Å²) < 4.78 is 37.3. The minimum atomic E-state index is -4.50. The molecule has 0 radical (unpaired) electrons. The van der Waals surface area contributed by atoms with Gasteiger partial charge in [-0.3, -0.25) is 4.99 Å². The van der Waals surface area contributed by atoms with Crippen molar-refractivity contribution in [2.24, 2.45) is 22.4 Å². The zero-order valence-electron chi connectivity index (χ0n) is 11.4. The van der Waals surface area contributed by atoms with E-state index >= 15 is 0 Å². The minimum Gasteiger partial charge on any atom is -0.395 e. The fourth-order valence-corrected chi connectivity index (χ4v) is 2.04. The van der Waals surface area contributed by atoms with E-state index in [1.807, 2.05) is 13.8 Å². The highest BCUT2D eigenvalue weighted by molar-refractivity contribution is 5.97. The van der Waals surface area contributed by atoms with Gasteiger partial charge in [-0.25, -0.2) is 0 Å². The van der Waals surface area contributed by atoms with Gasteiger partial charge in [0.1, 0.15) is 5.70 Å². The summed E-state index contributed by atoms with van der Waals surface area (Å²) >= 11 is 0. The van der Waals surface area contributed by atoms with Gasteiger partial charge in [0.15, 0.2) is 0 Å². The Bertz CT molecular complexity index is 351. The van der Waals surface area contributed by atoms with Gasteiger partial charge in [0.05, 0.1) is 6.04 Å². The van der Waals surface area contributed by atoms with Crippen molar-refractivity contribution in [1.29, 1.82) is 0 Å². The molecule has 0 spiro atoms. The molecule has 1 saturated carbocycles. The van der Waals surface area contributed by atoms with E-state index in [4.69, 9.17) is 11.5 Å². The molecule has 6 heteroatoms. The quantitative estimate of drug-likeness (QED) is 0.779. The third kappa shape index (κ3) is 5.22. The lowest BCUT2D eigenvalue weighted by molar-refractivity contribution is -0.0925. The molecule has 0 unspecified atom stereocenters. The molecule has 0 heterocycles. The third-order valence-corrected chi connectivity index (χ3v) is 3.30. The fourth-order valence-electron chi connectivity index (χ4n) is 2.04. The highest BCUT2D eigenvalue weighted by Crippen LogP contribution is 2.24. The Morgan fingerprint density at radius 2 is 1.74 bits per heavy atom. The first-order valence-corrected chi connectivity index (χ1v) is 6.57. The Morgan fingerprint density at radius 3 is 2.16 bits per heavy atom. The third-order valence-electron chi connectivity index (χ3n) is 3.30. The summed E-state index contributed by atoms with van der Waals surface area (Å²) in [5.41, 5.74) is 10.2. The molecule has 1 aliphatic carbocycles. The molecule has 0 aromatic rings. The van der Waals surface area contributed by atoms with Gasteiger partial charge in [-0.2, -0.15) is 13.2 Å². The van der Waals surface area contributed by atoms with Crippen molar-refractivity contribution in [2.45, 2.75) is 57.8 Å².